The molecule has 1 saturated heterocycles. The minimum Gasteiger partial charge on any atom is -0.507 e. The smallest absolute Gasteiger partial charge is 0.296 e. The molecule has 0 radical (unpaired) electrons. The maximum absolute atomic E-state index is 13.1. The summed E-state index contributed by atoms with van der Waals surface area (Å²) in [7, 11) is 0. The van der Waals surface area contributed by atoms with Gasteiger partial charge in [-0.15, -0.1) is 0 Å². The third kappa shape index (κ3) is 4.27. The molecule has 7 nitrogen and oxygen atoms in total. The number of furan rings is 1. The van der Waals surface area contributed by atoms with E-state index in [4.69, 9.17) is 9.15 Å². The van der Waals surface area contributed by atoms with Gasteiger partial charge in [-0.05, 0) is 41.8 Å². The summed E-state index contributed by atoms with van der Waals surface area (Å²) in [5.74, 6) is -0.269. The van der Waals surface area contributed by atoms with Gasteiger partial charge in [0.05, 0.1) is 31.0 Å². The Morgan fingerprint density at radius 1 is 1.19 bits per heavy atom. The molecule has 1 unspecified atom stereocenters. The highest BCUT2D eigenvalue weighted by atomic mass is 16.5. The topological polar surface area (TPSA) is 92.9 Å². The highest BCUT2D eigenvalue weighted by Crippen LogP contribution is 2.40. The van der Waals surface area contributed by atoms with Crippen molar-refractivity contribution in [2.75, 3.05) is 6.61 Å². The molecule has 164 valence electrons. The third-order valence-electron chi connectivity index (χ3n) is 5.14. The van der Waals surface area contributed by atoms with Crippen LogP contribution in [0.1, 0.15) is 36.8 Å². The molecule has 0 spiro atoms. The molecule has 0 aliphatic carbocycles. The number of carbonyl (C=O) groups excluding carboxylic acids is 2. The van der Waals surface area contributed by atoms with Crippen molar-refractivity contribution in [2.45, 2.75) is 26.4 Å². The van der Waals surface area contributed by atoms with Gasteiger partial charge in [-0.3, -0.25) is 14.6 Å². The molecule has 3 aromatic rings. The first-order valence-electron chi connectivity index (χ1n) is 10.4. The highest BCUT2D eigenvalue weighted by molar-refractivity contribution is 6.46. The van der Waals surface area contributed by atoms with Crippen molar-refractivity contribution in [1.29, 1.82) is 0 Å². The molecular formula is C25H24N2O5. The zero-order valence-corrected chi connectivity index (χ0v) is 17.9. The van der Waals surface area contributed by atoms with E-state index in [0.717, 1.165) is 0 Å². The molecule has 1 N–H and O–H groups in total. The summed E-state index contributed by atoms with van der Waals surface area (Å²) in [4.78, 5) is 31.5. The number of amides is 1. The van der Waals surface area contributed by atoms with Crippen LogP contribution in [0.2, 0.25) is 0 Å². The predicted molar refractivity (Wildman–Crippen MR) is 118 cm³/mol. The Bertz CT molecular complexity index is 1140. The molecular weight excluding hydrogens is 408 g/mol. The number of nitrogens with zero attached hydrogens (tertiary/aromatic N) is 2. The van der Waals surface area contributed by atoms with Crippen LogP contribution in [0.25, 0.3) is 5.76 Å². The Balaban J connectivity index is 1.78. The first kappa shape index (κ1) is 21.4. The number of aromatic nitrogens is 1. The average molecular weight is 432 g/mol. The number of likely N-dealkylation sites (tertiary alicyclic amines) is 1. The van der Waals surface area contributed by atoms with Crippen LogP contribution in [-0.2, 0) is 16.1 Å². The van der Waals surface area contributed by atoms with Gasteiger partial charge in [-0.25, -0.2) is 0 Å². The van der Waals surface area contributed by atoms with Gasteiger partial charge in [0.1, 0.15) is 17.3 Å². The van der Waals surface area contributed by atoms with E-state index >= 15 is 0 Å². The van der Waals surface area contributed by atoms with Crippen molar-refractivity contribution in [2.24, 2.45) is 5.92 Å². The van der Waals surface area contributed by atoms with Gasteiger partial charge in [0.25, 0.3) is 11.7 Å². The number of ketones is 1. The van der Waals surface area contributed by atoms with Gasteiger partial charge < -0.3 is 19.2 Å². The number of ether oxygens (including phenoxy) is 1. The highest BCUT2D eigenvalue weighted by Gasteiger charge is 2.46. The molecule has 1 fully saturated rings. The maximum atomic E-state index is 13.1. The van der Waals surface area contributed by atoms with Crippen LogP contribution in [0.3, 0.4) is 0 Å². The zero-order chi connectivity index (χ0) is 22.7. The number of Topliss-reactive ketones (excluding diaryl/α,β-unsaturated/α-hetero) is 1. The van der Waals surface area contributed by atoms with Gasteiger partial charge in [-0.2, -0.15) is 0 Å². The Morgan fingerprint density at radius 3 is 2.72 bits per heavy atom. The van der Waals surface area contributed by atoms with Crippen molar-refractivity contribution in [3.63, 3.8) is 0 Å². The van der Waals surface area contributed by atoms with E-state index in [9.17, 15) is 14.7 Å². The largest absolute Gasteiger partial charge is 0.507 e. The van der Waals surface area contributed by atoms with Crippen LogP contribution in [0.5, 0.6) is 5.75 Å². The van der Waals surface area contributed by atoms with E-state index in [2.05, 4.69) is 4.98 Å². The van der Waals surface area contributed by atoms with Crippen molar-refractivity contribution in [3.05, 3.63) is 89.6 Å². The minimum atomic E-state index is -0.797. The number of hydrogen-bond donors (Lipinski definition) is 1. The Hall–Kier alpha value is -3.87. The summed E-state index contributed by atoms with van der Waals surface area (Å²) in [5, 5.41) is 11.2. The molecule has 1 aliphatic heterocycles. The van der Waals surface area contributed by atoms with E-state index in [1.807, 2.05) is 13.8 Å². The number of benzene rings is 1. The number of carbonyl (C=O) groups is 2. The van der Waals surface area contributed by atoms with Crippen LogP contribution in [-0.4, -0.2) is 33.3 Å². The first-order chi connectivity index (χ1) is 15.5. The molecule has 4 rings (SSSR count). The second kappa shape index (κ2) is 9.09. The van der Waals surface area contributed by atoms with Crippen LogP contribution in [0, 0.1) is 5.92 Å². The number of aliphatic hydroxyl groups excluding tert-OH is 1. The molecule has 32 heavy (non-hydrogen) atoms. The molecule has 0 bridgehead atoms. The number of pyridine rings is 1. The quantitative estimate of drug-likeness (QED) is 0.339. The Kier molecular flexibility index (Phi) is 6.07. The SMILES string of the molecule is CC(C)COc1cccc(/C(O)=C2/C(=O)C(=O)N(Cc3ccco3)C2c2cccnc2)c1. The molecule has 1 atom stereocenters. The standard InChI is InChI=1S/C25H24N2O5/c1-16(2)15-32-19-8-3-6-17(12-19)23(28)21-22(18-7-4-10-26-13-18)27(25(30)24(21)29)14-20-9-5-11-31-20/h3-13,16,22,28H,14-15H2,1-2H3/b23-21-. The molecule has 0 saturated carbocycles. The summed E-state index contributed by atoms with van der Waals surface area (Å²) in [6, 6.07) is 13.0. The maximum Gasteiger partial charge on any atom is 0.296 e. The molecule has 1 amide bonds. The average Bonchev–Trinajstić information content (AvgIpc) is 3.40. The number of aliphatic hydroxyl groups is 1. The van der Waals surface area contributed by atoms with Crippen molar-refractivity contribution >= 4 is 17.4 Å². The lowest BCUT2D eigenvalue weighted by Crippen LogP contribution is -2.29. The lowest BCUT2D eigenvalue weighted by Gasteiger charge is -2.24. The molecule has 2 aromatic heterocycles. The third-order valence-corrected chi connectivity index (χ3v) is 5.14. The van der Waals surface area contributed by atoms with E-state index < -0.39 is 17.7 Å². The van der Waals surface area contributed by atoms with Crippen LogP contribution >= 0.6 is 0 Å². The fraction of sp³-hybridized carbons (Fsp3) is 0.240. The van der Waals surface area contributed by atoms with Crippen molar-refractivity contribution < 1.29 is 23.8 Å². The van der Waals surface area contributed by atoms with Gasteiger partial charge in [0.2, 0.25) is 0 Å². The minimum absolute atomic E-state index is 0.00978. The van der Waals surface area contributed by atoms with Crippen LogP contribution in [0.4, 0.5) is 0 Å². The van der Waals surface area contributed by atoms with E-state index in [0.29, 0.717) is 35.2 Å². The van der Waals surface area contributed by atoms with Crippen molar-refractivity contribution in [1.82, 2.24) is 9.88 Å². The van der Waals surface area contributed by atoms with E-state index in [1.54, 1.807) is 60.9 Å². The fourth-order valence-corrected chi connectivity index (χ4v) is 3.65. The van der Waals surface area contributed by atoms with E-state index in [1.165, 1.54) is 11.2 Å². The summed E-state index contributed by atoms with van der Waals surface area (Å²) < 4.78 is 11.1. The Labute approximate surface area is 186 Å². The van der Waals surface area contributed by atoms with Gasteiger partial charge in [-0.1, -0.05) is 32.0 Å². The number of rotatable bonds is 7. The fourth-order valence-electron chi connectivity index (χ4n) is 3.65. The summed E-state index contributed by atoms with van der Waals surface area (Å²) in [6.45, 7) is 4.69. The normalized spacial score (nSPS) is 17.8. The molecule has 3 heterocycles. The number of hydrogen-bond acceptors (Lipinski definition) is 6. The van der Waals surface area contributed by atoms with Gasteiger partial charge in [0, 0.05) is 18.0 Å². The monoisotopic (exact) mass is 432 g/mol. The second-order valence-corrected chi connectivity index (χ2v) is 8.03. The Morgan fingerprint density at radius 2 is 2.03 bits per heavy atom. The van der Waals surface area contributed by atoms with Crippen molar-refractivity contribution in [3.8, 4) is 5.75 Å². The van der Waals surface area contributed by atoms with Gasteiger partial charge in [0.15, 0.2) is 0 Å². The molecule has 1 aliphatic rings. The predicted octanol–water partition coefficient (Wildman–Crippen LogP) is 4.33. The van der Waals surface area contributed by atoms with Gasteiger partial charge >= 0.3 is 0 Å². The lowest BCUT2D eigenvalue weighted by atomic mass is 9.96. The first-order valence-corrected chi connectivity index (χ1v) is 10.4. The van der Waals surface area contributed by atoms with Crippen LogP contribution in [0.15, 0.2) is 77.2 Å². The summed E-state index contributed by atoms with van der Waals surface area (Å²) in [5.41, 5.74) is 1.03. The molecule has 1 aromatic carbocycles. The van der Waals surface area contributed by atoms with E-state index in [-0.39, 0.29) is 17.9 Å². The summed E-state index contributed by atoms with van der Waals surface area (Å²) >= 11 is 0. The lowest BCUT2D eigenvalue weighted by molar-refractivity contribution is -0.140. The zero-order valence-electron chi connectivity index (χ0n) is 17.9. The summed E-state index contributed by atoms with van der Waals surface area (Å²) in [6.07, 6.45) is 4.70. The molecule has 7 heteroatoms. The van der Waals surface area contributed by atoms with Crippen LogP contribution < -0.4 is 4.74 Å². The second-order valence-electron chi connectivity index (χ2n) is 8.03.